The molecule has 128 valence electrons. The van der Waals surface area contributed by atoms with Gasteiger partial charge in [-0.3, -0.25) is 9.10 Å². The van der Waals surface area contributed by atoms with E-state index < -0.39 is 28.3 Å². The Morgan fingerprint density at radius 2 is 1.96 bits per heavy atom. The number of halogens is 2. The Kier molecular flexibility index (Phi) is 5.46. The maximum Gasteiger partial charge on any atom is 0.245 e. The first-order chi connectivity index (χ1) is 11.2. The lowest BCUT2D eigenvalue weighted by atomic mass is 10.2. The number of carbonyl (C=O) groups excluding carboxylic acids is 1. The predicted octanol–water partition coefficient (Wildman–Crippen LogP) is 3.19. The molecular weight excluding hydrogens is 355 g/mol. The third-order valence-corrected chi connectivity index (χ3v) is 4.60. The second-order valence-electron chi connectivity index (χ2n) is 5.26. The van der Waals surface area contributed by atoms with Crippen LogP contribution in [-0.4, -0.2) is 27.1 Å². The number of rotatable bonds is 5. The minimum Gasteiger partial charge on any atom is -0.324 e. The first-order valence-electron chi connectivity index (χ1n) is 6.96. The molecule has 0 atom stereocenters. The molecule has 0 fully saturated rings. The Labute approximate surface area is 145 Å². The molecule has 0 aromatic heterocycles. The molecule has 0 bridgehead atoms. The predicted molar refractivity (Wildman–Crippen MR) is 93.4 cm³/mol. The summed E-state index contributed by atoms with van der Waals surface area (Å²) >= 11 is 5.93. The molecule has 2 aromatic rings. The van der Waals surface area contributed by atoms with Crippen molar-refractivity contribution >= 4 is 38.9 Å². The average molecular weight is 371 g/mol. The zero-order valence-electron chi connectivity index (χ0n) is 13.1. The molecule has 0 aliphatic rings. The second kappa shape index (κ2) is 7.19. The van der Waals surface area contributed by atoms with Crippen molar-refractivity contribution in [1.29, 1.82) is 0 Å². The van der Waals surface area contributed by atoms with Crippen molar-refractivity contribution in [2.45, 2.75) is 6.92 Å². The molecule has 0 saturated carbocycles. The summed E-state index contributed by atoms with van der Waals surface area (Å²) in [6.45, 7) is 1.27. The first kappa shape index (κ1) is 18.2. The minimum absolute atomic E-state index is 0.247. The normalized spacial score (nSPS) is 11.2. The van der Waals surface area contributed by atoms with Crippen LogP contribution >= 0.6 is 11.6 Å². The van der Waals surface area contributed by atoms with Crippen molar-refractivity contribution in [2.75, 3.05) is 22.4 Å². The van der Waals surface area contributed by atoms with Crippen LogP contribution in [0.25, 0.3) is 0 Å². The lowest BCUT2D eigenvalue weighted by Gasteiger charge is -2.23. The van der Waals surface area contributed by atoms with E-state index in [1.54, 1.807) is 19.1 Å². The molecule has 0 unspecified atom stereocenters. The van der Waals surface area contributed by atoms with E-state index in [1.165, 1.54) is 24.3 Å². The number of nitrogens with zero attached hydrogens (tertiary/aromatic N) is 1. The molecule has 0 aliphatic carbocycles. The lowest BCUT2D eigenvalue weighted by molar-refractivity contribution is -0.114. The Morgan fingerprint density at radius 1 is 1.25 bits per heavy atom. The van der Waals surface area contributed by atoms with Gasteiger partial charge in [-0.2, -0.15) is 0 Å². The number of sulfonamides is 1. The van der Waals surface area contributed by atoms with Gasteiger partial charge in [-0.05, 0) is 42.8 Å². The number of benzene rings is 2. The maximum absolute atomic E-state index is 13.2. The van der Waals surface area contributed by atoms with Gasteiger partial charge in [-0.1, -0.05) is 23.7 Å². The maximum atomic E-state index is 13.2. The summed E-state index contributed by atoms with van der Waals surface area (Å²) in [5.41, 5.74) is 1.22. The van der Waals surface area contributed by atoms with Gasteiger partial charge in [0.2, 0.25) is 15.9 Å². The molecule has 5 nitrogen and oxygen atoms in total. The number of amides is 1. The average Bonchev–Trinajstić information content (AvgIpc) is 2.46. The molecule has 24 heavy (non-hydrogen) atoms. The molecule has 1 N–H and O–H groups in total. The van der Waals surface area contributed by atoms with Crippen molar-refractivity contribution in [1.82, 2.24) is 0 Å². The van der Waals surface area contributed by atoms with E-state index in [0.29, 0.717) is 16.3 Å². The van der Waals surface area contributed by atoms with E-state index in [0.717, 1.165) is 16.6 Å². The van der Waals surface area contributed by atoms with Gasteiger partial charge in [0.1, 0.15) is 12.4 Å². The quantitative estimate of drug-likeness (QED) is 0.878. The monoisotopic (exact) mass is 370 g/mol. The van der Waals surface area contributed by atoms with Crippen LogP contribution in [-0.2, 0) is 14.8 Å². The van der Waals surface area contributed by atoms with Gasteiger partial charge in [0.25, 0.3) is 0 Å². The van der Waals surface area contributed by atoms with Gasteiger partial charge >= 0.3 is 0 Å². The Balaban J connectivity index is 2.27. The van der Waals surface area contributed by atoms with Crippen molar-refractivity contribution in [2.24, 2.45) is 0 Å². The van der Waals surface area contributed by atoms with E-state index in [-0.39, 0.29) is 5.69 Å². The zero-order chi connectivity index (χ0) is 17.9. The molecule has 8 heteroatoms. The van der Waals surface area contributed by atoms with Gasteiger partial charge < -0.3 is 5.32 Å². The number of anilines is 2. The SMILES string of the molecule is Cc1ccc(Cl)cc1N(CC(=O)Nc1cccc(F)c1)S(C)(=O)=O. The molecule has 1 amide bonds. The lowest BCUT2D eigenvalue weighted by Crippen LogP contribution is -2.37. The van der Waals surface area contributed by atoms with E-state index in [9.17, 15) is 17.6 Å². The Morgan fingerprint density at radius 3 is 2.58 bits per heavy atom. The third-order valence-electron chi connectivity index (χ3n) is 3.24. The van der Waals surface area contributed by atoms with E-state index in [2.05, 4.69) is 5.32 Å². The van der Waals surface area contributed by atoms with Gasteiger partial charge in [0.05, 0.1) is 11.9 Å². The number of hydrogen-bond donors (Lipinski definition) is 1. The van der Waals surface area contributed by atoms with Crippen LogP contribution in [0, 0.1) is 12.7 Å². The molecule has 0 radical (unpaired) electrons. The van der Waals surface area contributed by atoms with Crippen LogP contribution in [0.3, 0.4) is 0 Å². The summed E-state index contributed by atoms with van der Waals surface area (Å²) in [7, 11) is -3.71. The molecule has 0 heterocycles. The van der Waals surface area contributed by atoms with Gasteiger partial charge in [0.15, 0.2) is 0 Å². The number of nitrogens with one attached hydrogen (secondary N) is 1. The van der Waals surface area contributed by atoms with Gasteiger partial charge in [-0.15, -0.1) is 0 Å². The summed E-state index contributed by atoms with van der Waals surface area (Å²) in [4.78, 5) is 12.2. The highest BCUT2D eigenvalue weighted by Gasteiger charge is 2.22. The van der Waals surface area contributed by atoms with Crippen LogP contribution in [0.5, 0.6) is 0 Å². The minimum atomic E-state index is -3.71. The molecule has 2 rings (SSSR count). The number of hydrogen-bond acceptors (Lipinski definition) is 3. The highest BCUT2D eigenvalue weighted by Crippen LogP contribution is 2.26. The number of aryl methyl sites for hydroxylation is 1. The fourth-order valence-corrected chi connectivity index (χ4v) is 3.20. The third kappa shape index (κ3) is 4.69. The van der Waals surface area contributed by atoms with E-state index in [4.69, 9.17) is 11.6 Å². The molecular formula is C16H16ClFN2O3S. The van der Waals surface area contributed by atoms with Crippen LogP contribution in [0.4, 0.5) is 15.8 Å². The summed E-state index contributed by atoms with van der Waals surface area (Å²) in [6.07, 6.45) is 1.00. The van der Waals surface area contributed by atoms with E-state index >= 15 is 0 Å². The van der Waals surface area contributed by atoms with Crippen molar-refractivity contribution in [3.63, 3.8) is 0 Å². The largest absolute Gasteiger partial charge is 0.324 e. The second-order valence-corrected chi connectivity index (χ2v) is 7.60. The van der Waals surface area contributed by atoms with Crippen LogP contribution < -0.4 is 9.62 Å². The van der Waals surface area contributed by atoms with Crippen molar-refractivity contribution in [3.05, 3.63) is 58.9 Å². The molecule has 0 saturated heterocycles. The van der Waals surface area contributed by atoms with Crippen molar-refractivity contribution in [3.8, 4) is 0 Å². The zero-order valence-corrected chi connectivity index (χ0v) is 14.7. The van der Waals surface area contributed by atoms with Crippen LogP contribution in [0.15, 0.2) is 42.5 Å². The van der Waals surface area contributed by atoms with Crippen LogP contribution in [0.2, 0.25) is 5.02 Å². The Bertz CT molecular complexity index is 871. The standard InChI is InChI=1S/C16H16ClFN2O3S/c1-11-6-7-12(17)8-15(11)20(24(2,22)23)10-16(21)19-14-5-3-4-13(18)9-14/h3-9H,10H2,1-2H3,(H,19,21). The topological polar surface area (TPSA) is 66.5 Å². The van der Waals surface area contributed by atoms with Gasteiger partial charge in [-0.25, -0.2) is 12.8 Å². The molecule has 0 aliphatic heterocycles. The summed E-state index contributed by atoms with van der Waals surface area (Å²) < 4.78 is 38.3. The smallest absolute Gasteiger partial charge is 0.245 e. The fraction of sp³-hybridized carbons (Fsp3) is 0.188. The summed E-state index contributed by atoms with van der Waals surface area (Å²) in [6, 6.07) is 10.1. The van der Waals surface area contributed by atoms with E-state index in [1.807, 2.05) is 0 Å². The molecule has 2 aromatic carbocycles. The van der Waals surface area contributed by atoms with Gasteiger partial charge in [0, 0.05) is 10.7 Å². The highest BCUT2D eigenvalue weighted by atomic mass is 35.5. The highest BCUT2D eigenvalue weighted by molar-refractivity contribution is 7.92. The number of carbonyl (C=O) groups is 1. The van der Waals surface area contributed by atoms with Crippen molar-refractivity contribution < 1.29 is 17.6 Å². The first-order valence-corrected chi connectivity index (χ1v) is 9.19. The summed E-state index contributed by atoms with van der Waals surface area (Å²) in [5, 5.41) is 2.83. The summed E-state index contributed by atoms with van der Waals surface area (Å²) in [5.74, 6) is -1.09. The fourth-order valence-electron chi connectivity index (χ4n) is 2.13. The molecule has 0 spiro atoms. The Hall–Kier alpha value is -2.12. The van der Waals surface area contributed by atoms with Crippen LogP contribution in [0.1, 0.15) is 5.56 Å².